The number of nitrogens with zero attached hydrogens (tertiary/aromatic N) is 2. The maximum atomic E-state index is 13.3. The van der Waals surface area contributed by atoms with Gasteiger partial charge in [-0.25, -0.2) is 9.37 Å². The fourth-order valence-corrected chi connectivity index (χ4v) is 4.14. The van der Waals surface area contributed by atoms with Crippen molar-refractivity contribution in [3.05, 3.63) is 76.4 Å². The van der Waals surface area contributed by atoms with Crippen molar-refractivity contribution in [3.63, 3.8) is 0 Å². The molecule has 4 rings (SSSR count). The molecule has 1 N–H and O–H groups in total. The summed E-state index contributed by atoms with van der Waals surface area (Å²) in [6.45, 7) is 4.10. The Balaban J connectivity index is 1.63. The number of fused-ring (bicyclic) bond motifs is 1. The first-order valence-corrected chi connectivity index (χ1v) is 10.6. The molecule has 0 spiro atoms. The predicted octanol–water partition coefficient (Wildman–Crippen LogP) is 4.86. The summed E-state index contributed by atoms with van der Waals surface area (Å²) in [6, 6.07) is 12.2. The minimum atomic E-state index is -0.781. The highest BCUT2D eigenvalue weighted by Gasteiger charge is 2.20. The molecule has 0 saturated carbocycles. The van der Waals surface area contributed by atoms with Crippen LogP contribution in [0.1, 0.15) is 19.9 Å². The summed E-state index contributed by atoms with van der Waals surface area (Å²) in [7, 11) is 0. The second kappa shape index (κ2) is 8.69. The van der Waals surface area contributed by atoms with E-state index in [2.05, 4.69) is 10.3 Å². The highest BCUT2D eigenvalue weighted by Crippen LogP contribution is 2.31. The van der Waals surface area contributed by atoms with Gasteiger partial charge in [-0.2, -0.15) is 0 Å². The van der Waals surface area contributed by atoms with Gasteiger partial charge in [-0.05, 0) is 55.8 Å². The Bertz CT molecular complexity index is 1280. The zero-order valence-corrected chi connectivity index (χ0v) is 17.8. The number of hydrogen-bond donors (Lipinski definition) is 1. The third-order valence-corrected chi connectivity index (χ3v) is 5.79. The molecule has 31 heavy (non-hydrogen) atoms. The van der Waals surface area contributed by atoms with E-state index in [1.165, 1.54) is 34.4 Å². The maximum Gasteiger partial charge on any atom is 0.263 e. The lowest BCUT2D eigenvalue weighted by Crippen LogP contribution is -2.31. The molecule has 2 aromatic carbocycles. The number of thiophene rings is 1. The lowest BCUT2D eigenvalue weighted by Gasteiger charge is -2.15. The van der Waals surface area contributed by atoms with Gasteiger partial charge in [0.05, 0.1) is 18.3 Å². The molecule has 8 heteroatoms. The summed E-state index contributed by atoms with van der Waals surface area (Å²) >= 11 is 1.33. The van der Waals surface area contributed by atoms with Gasteiger partial charge < -0.3 is 10.1 Å². The topological polar surface area (TPSA) is 73.2 Å². The Kier molecular flexibility index (Phi) is 5.81. The monoisotopic (exact) mass is 437 g/mol. The van der Waals surface area contributed by atoms with Gasteiger partial charge in [0.15, 0.2) is 0 Å². The Morgan fingerprint density at radius 2 is 1.90 bits per heavy atom. The minimum absolute atomic E-state index is 0.320. The van der Waals surface area contributed by atoms with Crippen LogP contribution < -0.4 is 15.6 Å². The molecule has 158 valence electrons. The van der Waals surface area contributed by atoms with Crippen LogP contribution in [0.3, 0.4) is 0 Å². The van der Waals surface area contributed by atoms with Crippen LogP contribution in [0.5, 0.6) is 5.75 Å². The average molecular weight is 437 g/mol. The van der Waals surface area contributed by atoms with Gasteiger partial charge in [-0.3, -0.25) is 14.2 Å². The van der Waals surface area contributed by atoms with Crippen molar-refractivity contribution >= 4 is 33.1 Å². The van der Waals surface area contributed by atoms with E-state index in [-0.39, 0.29) is 17.3 Å². The van der Waals surface area contributed by atoms with Crippen LogP contribution in [0, 0.1) is 5.82 Å². The van der Waals surface area contributed by atoms with E-state index in [9.17, 15) is 14.0 Å². The van der Waals surface area contributed by atoms with Gasteiger partial charge in [0, 0.05) is 16.6 Å². The van der Waals surface area contributed by atoms with Crippen molar-refractivity contribution < 1.29 is 13.9 Å². The van der Waals surface area contributed by atoms with E-state index in [4.69, 9.17) is 4.74 Å². The Morgan fingerprint density at radius 3 is 2.58 bits per heavy atom. The number of amides is 1. The second-order valence-corrected chi connectivity index (χ2v) is 7.77. The quantitative estimate of drug-likeness (QED) is 0.467. The van der Waals surface area contributed by atoms with Crippen molar-refractivity contribution in [3.8, 4) is 16.9 Å². The van der Waals surface area contributed by atoms with E-state index in [1.54, 1.807) is 43.3 Å². The zero-order chi connectivity index (χ0) is 22.0. The Labute approximate surface area is 181 Å². The van der Waals surface area contributed by atoms with Crippen molar-refractivity contribution in [1.82, 2.24) is 9.55 Å². The number of carbonyl (C=O) groups is 1. The molecule has 2 heterocycles. The van der Waals surface area contributed by atoms with E-state index in [1.807, 2.05) is 12.3 Å². The van der Waals surface area contributed by atoms with Gasteiger partial charge >= 0.3 is 0 Å². The fourth-order valence-electron chi connectivity index (χ4n) is 3.24. The van der Waals surface area contributed by atoms with Crippen LogP contribution >= 0.6 is 11.3 Å². The van der Waals surface area contributed by atoms with Crippen LogP contribution in [-0.4, -0.2) is 22.1 Å². The van der Waals surface area contributed by atoms with Crippen LogP contribution in [-0.2, 0) is 4.79 Å². The van der Waals surface area contributed by atoms with Crippen molar-refractivity contribution in [2.75, 3.05) is 11.9 Å². The smallest absolute Gasteiger partial charge is 0.263 e. The minimum Gasteiger partial charge on any atom is -0.494 e. The maximum absolute atomic E-state index is 13.3. The van der Waals surface area contributed by atoms with Crippen LogP contribution in [0.4, 0.5) is 10.1 Å². The molecule has 0 radical (unpaired) electrons. The van der Waals surface area contributed by atoms with Gasteiger partial charge in [0.25, 0.3) is 5.56 Å². The van der Waals surface area contributed by atoms with E-state index < -0.39 is 6.04 Å². The molecule has 4 aromatic rings. The Morgan fingerprint density at radius 1 is 1.19 bits per heavy atom. The molecule has 0 aliphatic rings. The van der Waals surface area contributed by atoms with Crippen molar-refractivity contribution in [2.24, 2.45) is 0 Å². The molecule has 1 amide bonds. The van der Waals surface area contributed by atoms with Gasteiger partial charge in [-0.1, -0.05) is 12.1 Å². The van der Waals surface area contributed by atoms with Gasteiger partial charge in [-0.15, -0.1) is 11.3 Å². The van der Waals surface area contributed by atoms with E-state index in [0.29, 0.717) is 33.8 Å². The number of halogens is 1. The van der Waals surface area contributed by atoms with Crippen LogP contribution in [0.2, 0.25) is 0 Å². The molecule has 6 nitrogen and oxygen atoms in total. The van der Waals surface area contributed by atoms with Crippen molar-refractivity contribution in [2.45, 2.75) is 19.9 Å². The number of aromatic nitrogens is 2. The predicted molar refractivity (Wildman–Crippen MR) is 120 cm³/mol. The molecule has 0 saturated heterocycles. The SMILES string of the molecule is CCOc1ccc(NC(=O)[C@H](C)n2cnc3scc(-c4ccc(F)cc4)c3c2=O)cc1. The standard InChI is InChI=1S/C23H20FN3O3S/c1-3-30-18-10-8-17(9-11-18)26-21(28)14(2)27-13-25-22-20(23(27)29)19(12-31-22)15-4-6-16(24)7-5-15/h4-14H,3H2,1-2H3,(H,26,28)/t14-/m0/s1. The first-order valence-electron chi connectivity index (χ1n) is 9.76. The first kappa shape index (κ1) is 20.7. The van der Waals surface area contributed by atoms with E-state index >= 15 is 0 Å². The molecule has 1 atom stereocenters. The first-order chi connectivity index (χ1) is 15.0. The number of rotatable bonds is 6. The lowest BCUT2D eigenvalue weighted by atomic mass is 10.1. The number of ether oxygens (including phenoxy) is 1. The van der Waals surface area contributed by atoms with E-state index in [0.717, 1.165) is 5.56 Å². The molecule has 0 fully saturated rings. The highest BCUT2D eigenvalue weighted by atomic mass is 32.1. The summed E-state index contributed by atoms with van der Waals surface area (Å²) in [5.41, 5.74) is 1.67. The third kappa shape index (κ3) is 4.20. The third-order valence-electron chi connectivity index (χ3n) is 4.90. The Hall–Kier alpha value is -3.52. The fraction of sp³-hybridized carbons (Fsp3) is 0.174. The summed E-state index contributed by atoms with van der Waals surface area (Å²) in [4.78, 5) is 30.9. The largest absolute Gasteiger partial charge is 0.494 e. The van der Waals surface area contributed by atoms with Crippen LogP contribution in [0.15, 0.2) is 65.0 Å². The summed E-state index contributed by atoms with van der Waals surface area (Å²) in [5.74, 6) is 0.0228. The molecule has 0 aliphatic carbocycles. The van der Waals surface area contributed by atoms with Gasteiger partial charge in [0.1, 0.15) is 22.4 Å². The summed E-state index contributed by atoms with van der Waals surface area (Å²) < 4.78 is 20.0. The molecule has 0 unspecified atom stereocenters. The molecular weight excluding hydrogens is 417 g/mol. The molecule has 0 aliphatic heterocycles. The number of nitrogens with one attached hydrogen (secondary N) is 1. The highest BCUT2D eigenvalue weighted by molar-refractivity contribution is 7.17. The van der Waals surface area contributed by atoms with Gasteiger partial charge in [0.2, 0.25) is 5.91 Å². The van der Waals surface area contributed by atoms with Crippen molar-refractivity contribution in [1.29, 1.82) is 0 Å². The number of carbonyl (C=O) groups excluding carboxylic acids is 1. The molecular formula is C23H20FN3O3S. The average Bonchev–Trinajstić information content (AvgIpc) is 3.21. The normalized spacial score (nSPS) is 12.0. The number of benzene rings is 2. The molecule has 2 aromatic heterocycles. The summed E-state index contributed by atoms with van der Waals surface area (Å²) in [6.07, 6.45) is 1.39. The summed E-state index contributed by atoms with van der Waals surface area (Å²) in [5, 5.41) is 5.05. The zero-order valence-electron chi connectivity index (χ0n) is 17.0. The number of anilines is 1. The van der Waals surface area contributed by atoms with Crippen LogP contribution in [0.25, 0.3) is 21.3 Å². The second-order valence-electron chi connectivity index (χ2n) is 6.92. The molecule has 0 bridgehead atoms. The lowest BCUT2D eigenvalue weighted by molar-refractivity contribution is -0.118. The number of hydrogen-bond acceptors (Lipinski definition) is 5.